The maximum absolute atomic E-state index is 8.78. The van der Waals surface area contributed by atoms with Crippen LogP contribution in [-0.2, 0) is 0 Å². The van der Waals surface area contributed by atoms with Gasteiger partial charge in [0.15, 0.2) is 5.84 Å². The largest absolute Gasteiger partial charge is 0.497 e. The quantitative estimate of drug-likeness (QED) is 0.392. The predicted octanol–water partition coefficient (Wildman–Crippen LogP) is 3.24. The summed E-state index contributed by atoms with van der Waals surface area (Å²) in [6, 6.07) is 11.9. The molecule has 20 heavy (non-hydrogen) atoms. The van der Waals surface area contributed by atoms with Gasteiger partial charge in [0.25, 0.3) is 0 Å². The lowest BCUT2D eigenvalue weighted by Gasteiger charge is -2.11. The highest BCUT2D eigenvalue weighted by Crippen LogP contribution is 2.30. The van der Waals surface area contributed by atoms with Crippen LogP contribution in [0.15, 0.2) is 47.6 Å². The normalized spacial score (nSPS) is 11.2. The van der Waals surface area contributed by atoms with E-state index in [2.05, 4.69) is 5.16 Å². The van der Waals surface area contributed by atoms with Crippen LogP contribution in [0.4, 0.5) is 0 Å². The number of ether oxygens (including phenoxy) is 2. The SMILES string of the molecule is COc1cccc(Oc2cc(Cl)ccc2C(N)=NO)c1. The molecule has 0 unspecified atom stereocenters. The van der Waals surface area contributed by atoms with Gasteiger partial charge in [-0.3, -0.25) is 0 Å². The molecule has 0 saturated heterocycles. The summed E-state index contributed by atoms with van der Waals surface area (Å²) in [5.74, 6) is 1.55. The lowest BCUT2D eigenvalue weighted by Crippen LogP contribution is -2.14. The van der Waals surface area contributed by atoms with E-state index >= 15 is 0 Å². The van der Waals surface area contributed by atoms with E-state index in [0.29, 0.717) is 27.8 Å². The Hall–Kier alpha value is -2.40. The van der Waals surface area contributed by atoms with Gasteiger partial charge in [-0.2, -0.15) is 0 Å². The highest BCUT2D eigenvalue weighted by molar-refractivity contribution is 6.30. The average Bonchev–Trinajstić information content (AvgIpc) is 2.47. The predicted molar refractivity (Wildman–Crippen MR) is 77.0 cm³/mol. The first-order valence-electron chi connectivity index (χ1n) is 5.73. The molecular formula is C14H13ClN2O3. The number of halogens is 1. The van der Waals surface area contributed by atoms with E-state index in [-0.39, 0.29) is 5.84 Å². The van der Waals surface area contributed by atoms with E-state index in [1.165, 1.54) is 0 Å². The molecule has 5 nitrogen and oxygen atoms in total. The van der Waals surface area contributed by atoms with Crippen LogP contribution in [0.25, 0.3) is 0 Å². The molecule has 0 bridgehead atoms. The third-order valence-corrected chi connectivity index (χ3v) is 2.83. The van der Waals surface area contributed by atoms with Crippen molar-refractivity contribution in [2.75, 3.05) is 7.11 Å². The summed E-state index contributed by atoms with van der Waals surface area (Å²) in [4.78, 5) is 0. The maximum Gasteiger partial charge on any atom is 0.173 e. The molecule has 0 atom stereocenters. The molecule has 0 heterocycles. The molecule has 3 N–H and O–H groups in total. The smallest absolute Gasteiger partial charge is 0.173 e. The van der Waals surface area contributed by atoms with Crippen LogP contribution in [0.2, 0.25) is 5.02 Å². The molecule has 0 aliphatic heterocycles. The molecule has 2 aromatic carbocycles. The second kappa shape index (κ2) is 6.16. The Bertz CT molecular complexity index is 644. The Labute approximate surface area is 121 Å². The van der Waals surface area contributed by atoms with Gasteiger partial charge in [-0.05, 0) is 24.3 Å². The van der Waals surface area contributed by atoms with Crippen molar-refractivity contribution in [3.05, 3.63) is 53.1 Å². The number of methoxy groups -OCH3 is 1. The first-order valence-corrected chi connectivity index (χ1v) is 6.11. The van der Waals surface area contributed by atoms with Crippen LogP contribution >= 0.6 is 11.6 Å². The third-order valence-electron chi connectivity index (χ3n) is 2.60. The molecule has 104 valence electrons. The summed E-state index contributed by atoms with van der Waals surface area (Å²) in [7, 11) is 1.57. The number of hydrogen-bond acceptors (Lipinski definition) is 4. The molecular weight excluding hydrogens is 280 g/mol. The molecule has 6 heteroatoms. The maximum atomic E-state index is 8.78. The van der Waals surface area contributed by atoms with Crippen molar-refractivity contribution in [1.29, 1.82) is 0 Å². The molecule has 0 spiro atoms. The number of oxime groups is 1. The fourth-order valence-corrected chi connectivity index (χ4v) is 1.80. The van der Waals surface area contributed by atoms with Gasteiger partial charge < -0.3 is 20.4 Å². The number of nitrogens with two attached hydrogens (primary N) is 1. The van der Waals surface area contributed by atoms with E-state index in [1.54, 1.807) is 49.6 Å². The zero-order chi connectivity index (χ0) is 14.5. The fraction of sp³-hybridized carbons (Fsp3) is 0.0714. The molecule has 2 aromatic rings. The van der Waals surface area contributed by atoms with Crippen LogP contribution in [0, 0.1) is 0 Å². The minimum atomic E-state index is -0.0560. The van der Waals surface area contributed by atoms with Crippen molar-refractivity contribution in [1.82, 2.24) is 0 Å². The molecule has 0 saturated carbocycles. The van der Waals surface area contributed by atoms with Crippen molar-refractivity contribution >= 4 is 17.4 Å². The van der Waals surface area contributed by atoms with Crippen LogP contribution < -0.4 is 15.2 Å². The molecule has 0 fully saturated rings. The van der Waals surface area contributed by atoms with Gasteiger partial charge in [-0.25, -0.2) is 0 Å². The fourth-order valence-electron chi connectivity index (χ4n) is 1.64. The minimum Gasteiger partial charge on any atom is -0.497 e. The minimum absolute atomic E-state index is 0.0560. The zero-order valence-corrected chi connectivity index (χ0v) is 11.5. The number of nitrogens with zero attached hydrogens (tertiary/aromatic N) is 1. The summed E-state index contributed by atoms with van der Waals surface area (Å²) in [6.45, 7) is 0. The summed E-state index contributed by atoms with van der Waals surface area (Å²) in [5, 5.41) is 12.2. The molecule has 2 rings (SSSR count). The highest BCUT2D eigenvalue weighted by Gasteiger charge is 2.10. The van der Waals surface area contributed by atoms with Crippen molar-refractivity contribution in [2.45, 2.75) is 0 Å². The Balaban J connectivity index is 2.39. The van der Waals surface area contributed by atoms with Crippen LogP contribution in [0.1, 0.15) is 5.56 Å². The van der Waals surface area contributed by atoms with Crippen molar-refractivity contribution in [3.8, 4) is 17.2 Å². The number of amidine groups is 1. The molecule has 0 aromatic heterocycles. The van der Waals surface area contributed by atoms with Gasteiger partial charge in [-0.15, -0.1) is 0 Å². The standard InChI is InChI=1S/C14H13ClN2O3/c1-19-10-3-2-4-11(8-10)20-13-7-9(15)5-6-12(13)14(16)17-18/h2-8,18H,1H3,(H2,16,17). The highest BCUT2D eigenvalue weighted by atomic mass is 35.5. The summed E-state index contributed by atoms with van der Waals surface area (Å²) < 4.78 is 10.8. The second-order valence-corrected chi connectivity index (χ2v) is 4.34. The van der Waals surface area contributed by atoms with Gasteiger partial charge in [0, 0.05) is 17.2 Å². The van der Waals surface area contributed by atoms with Gasteiger partial charge in [0.05, 0.1) is 12.7 Å². The monoisotopic (exact) mass is 292 g/mol. The van der Waals surface area contributed by atoms with Crippen LogP contribution in [0.3, 0.4) is 0 Å². The summed E-state index contributed by atoms with van der Waals surface area (Å²) >= 11 is 5.94. The van der Waals surface area contributed by atoms with Gasteiger partial charge in [0.2, 0.25) is 0 Å². The van der Waals surface area contributed by atoms with Crippen LogP contribution in [-0.4, -0.2) is 18.2 Å². The Kier molecular flexibility index (Phi) is 4.32. The van der Waals surface area contributed by atoms with Crippen molar-refractivity contribution in [3.63, 3.8) is 0 Å². The van der Waals surface area contributed by atoms with Gasteiger partial charge in [0.1, 0.15) is 17.2 Å². The van der Waals surface area contributed by atoms with Crippen LogP contribution in [0.5, 0.6) is 17.2 Å². The van der Waals surface area contributed by atoms with E-state index in [0.717, 1.165) is 0 Å². The first kappa shape index (κ1) is 14.0. The van der Waals surface area contributed by atoms with E-state index < -0.39 is 0 Å². The van der Waals surface area contributed by atoms with Gasteiger partial charge >= 0.3 is 0 Å². The molecule has 0 amide bonds. The molecule has 0 radical (unpaired) electrons. The van der Waals surface area contributed by atoms with Crippen molar-refractivity contribution < 1.29 is 14.7 Å². The Morgan fingerprint density at radius 3 is 2.65 bits per heavy atom. The molecule has 0 aliphatic carbocycles. The molecule has 0 aliphatic rings. The van der Waals surface area contributed by atoms with Crippen molar-refractivity contribution in [2.24, 2.45) is 10.9 Å². The summed E-state index contributed by atoms with van der Waals surface area (Å²) in [6.07, 6.45) is 0. The second-order valence-electron chi connectivity index (χ2n) is 3.91. The average molecular weight is 293 g/mol. The summed E-state index contributed by atoms with van der Waals surface area (Å²) in [5.41, 5.74) is 6.05. The lowest BCUT2D eigenvalue weighted by atomic mass is 10.2. The number of rotatable bonds is 4. The Morgan fingerprint density at radius 1 is 1.20 bits per heavy atom. The topological polar surface area (TPSA) is 77.1 Å². The van der Waals surface area contributed by atoms with E-state index in [4.69, 9.17) is 32.0 Å². The zero-order valence-electron chi connectivity index (χ0n) is 10.7. The Morgan fingerprint density at radius 2 is 1.95 bits per heavy atom. The number of hydrogen-bond donors (Lipinski definition) is 2. The van der Waals surface area contributed by atoms with E-state index in [1.807, 2.05) is 0 Å². The number of benzene rings is 2. The third kappa shape index (κ3) is 3.13. The van der Waals surface area contributed by atoms with E-state index in [9.17, 15) is 0 Å². The lowest BCUT2D eigenvalue weighted by molar-refractivity contribution is 0.318. The first-order chi connectivity index (χ1) is 9.63. The van der Waals surface area contributed by atoms with Gasteiger partial charge in [-0.1, -0.05) is 22.8 Å².